The van der Waals surface area contributed by atoms with Crippen molar-refractivity contribution in [1.29, 1.82) is 0 Å². The van der Waals surface area contributed by atoms with Crippen LogP contribution in [0.3, 0.4) is 0 Å². The van der Waals surface area contributed by atoms with Crippen molar-refractivity contribution in [2.24, 2.45) is 5.84 Å². The molecule has 0 amide bonds. The third-order valence-electron chi connectivity index (χ3n) is 3.21. The first-order valence-corrected chi connectivity index (χ1v) is 6.65. The van der Waals surface area contributed by atoms with E-state index in [4.69, 9.17) is 10.6 Å². The van der Waals surface area contributed by atoms with E-state index in [9.17, 15) is 0 Å². The third-order valence-corrected chi connectivity index (χ3v) is 3.21. The average molecular weight is 272 g/mol. The van der Waals surface area contributed by atoms with Gasteiger partial charge in [-0.15, -0.1) is 0 Å². The van der Waals surface area contributed by atoms with Crippen molar-refractivity contribution in [3.63, 3.8) is 0 Å². The lowest BCUT2D eigenvalue weighted by Gasteiger charge is -2.18. The standard InChI is InChI=1S/C15H20N4O/c1-4-20-13(12-8-6-5-7-9-12)15-17-11(3)10(2)14(18-15)19-16/h5-9,13H,4,16H2,1-3H3,(H,17,18,19). The number of hydrazine groups is 1. The molecule has 0 fully saturated rings. The van der Waals surface area contributed by atoms with Crippen molar-refractivity contribution >= 4 is 5.82 Å². The SMILES string of the molecule is CCOC(c1ccccc1)c1nc(C)c(C)c(NN)n1. The maximum atomic E-state index is 5.81. The lowest BCUT2D eigenvalue weighted by atomic mass is 10.1. The molecule has 1 heterocycles. The number of hydrogen-bond acceptors (Lipinski definition) is 5. The van der Waals surface area contributed by atoms with Crippen LogP contribution < -0.4 is 11.3 Å². The van der Waals surface area contributed by atoms with Gasteiger partial charge in [0.1, 0.15) is 11.9 Å². The molecule has 0 spiro atoms. The van der Waals surface area contributed by atoms with Crippen LogP contribution in [0.2, 0.25) is 0 Å². The number of ether oxygens (including phenoxy) is 1. The van der Waals surface area contributed by atoms with E-state index in [0.29, 0.717) is 18.2 Å². The highest BCUT2D eigenvalue weighted by molar-refractivity contribution is 5.45. The van der Waals surface area contributed by atoms with Gasteiger partial charge in [-0.1, -0.05) is 30.3 Å². The Bertz CT molecular complexity index is 572. The zero-order valence-electron chi connectivity index (χ0n) is 12.1. The third kappa shape index (κ3) is 2.95. The van der Waals surface area contributed by atoms with E-state index in [1.807, 2.05) is 51.1 Å². The highest BCUT2D eigenvalue weighted by Crippen LogP contribution is 2.25. The topological polar surface area (TPSA) is 73.1 Å². The van der Waals surface area contributed by atoms with Crippen molar-refractivity contribution in [3.8, 4) is 0 Å². The largest absolute Gasteiger partial charge is 0.366 e. The lowest BCUT2D eigenvalue weighted by Crippen LogP contribution is -2.17. The molecule has 0 bridgehead atoms. The summed E-state index contributed by atoms with van der Waals surface area (Å²) < 4.78 is 5.81. The number of hydrogen-bond donors (Lipinski definition) is 2. The van der Waals surface area contributed by atoms with Crippen molar-refractivity contribution < 1.29 is 4.74 Å². The highest BCUT2D eigenvalue weighted by atomic mass is 16.5. The first-order chi connectivity index (χ1) is 9.67. The van der Waals surface area contributed by atoms with Gasteiger partial charge in [-0.05, 0) is 26.3 Å². The number of anilines is 1. The van der Waals surface area contributed by atoms with Crippen LogP contribution in [0.1, 0.15) is 35.7 Å². The minimum absolute atomic E-state index is 0.285. The Labute approximate surface area is 119 Å². The summed E-state index contributed by atoms with van der Waals surface area (Å²) in [4.78, 5) is 9.02. The Morgan fingerprint density at radius 2 is 1.90 bits per heavy atom. The molecule has 1 atom stereocenters. The molecular formula is C15H20N4O. The van der Waals surface area contributed by atoms with E-state index < -0.39 is 0 Å². The van der Waals surface area contributed by atoms with Gasteiger partial charge in [-0.3, -0.25) is 0 Å². The van der Waals surface area contributed by atoms with Gasteiger partial charge in [0.25, 0.3) is 0 Å². The molecule has 2 aromatic rings. The van der Waals surface area contributed by atoms with Crippen LogP contribution in [-0.4, -0.2) is 16.6 Å². The average Bonchev–Trinajstić information content (AvgIpc) is 2.48. The van der Waals surface area contributed by atoms with Gasteiger partial charge in [-0.25, -0.2) is 15.8 Å². The van der Waals surface area contributed by atoms with Crippen LogP contribution in [0.25, 0.3) is 0 Å². The Balaban J connectivity index is 2.47. The van der Waals surface area contributed by atoms with E-state index in [1.165, 1.54) is 0 Å². The van der Waals surface area contributed by atoms with Gasteiger partial charge >= 0.3 is 0 Å². The molecule has 106 valence electrons. The van der Waals surface area contributed by atoms with E-state index in [1.54, 1.807) is 0 Å². The van der Waals surface area contributed by atoms with Crippen LogP contribution in [-0.2, 0) is 4.74 Å². The number of nitrogens with two attached hydrogens (primary N) is 1. The Hall–Kier alpha value is -1.98. The molecule has 0 aliphatic rings. The van der Waals surface area contributed by atoms with Crippen LogP contribution >= 0.6 is 0 Å². The zero-order chi connectivity index (χ0) is 14.5. The van der Waals surface area contributed by atoms with Crippen molar-refractivity contribution in [2.45, 2.75) is 26.9 Å². The van der Waals surface area contributed by atoms with Crippen molar-refractivity contribution in [2.75, 3.05) is 12.0 Å². The molecule has 0 saturated carbocycles. The molecule has 0 radical (unpaired) electrons. The van der Waals surface area contributed by atoms with Gasteiger partial charge in [0.05, 0.1) is 0 Å². The van der Waals surface area contributed by atoms with Gasteiger partial charge < -0.3 is 10.2 Å². The number of aromatic nitrogens is 2. The van der Waals surface area contributed by atoms with Gasteiger partial charge in [0.15, 0.2) is 5.82 Å². The molecule has 0 saturated heterocycles. The number of nitrogens with zero attached hydrogens (tertiary/aromatic N) is 2. The first kappa shape index (κ1) is 14.4. The summed E-state index contributed by atoms with van der Waals surface area (Å²) in [7, 11) is 0. The number of aryl methyl sites for hydroxylation is 1. The summed E-state index contributed by atoms with van der Waals surface area (Å²) in [5.74, 6) is 6.77. The fraction of sp³-hybridized carbons (Fsp3) is 0.333. The molecule has 0 aliphatic carbocycles. The second-order valence-electron chi connectivity index (χ2n) is 4.53. The predicted molar refractivity (Wildman–Crippen MR) is 79.2 cm³/mol. The lowest BCUT2D eigenvalue weighted by molar-refractivity contribution is 0.0851. The maximum absolute atomic E-state index is 5.81. The maximum Gasteiger partial charge on any atom is 0.164 e. The molecule has 1 unspecified atom stereocenters. The molecular weight excluding hydrogens is 252 g/mol. The van der Waals surface area contributed by atoms with Crippen LogP contribution in [0.4, 0.5) is 5.82 Å². The van der Waals surface area contributed by atoms with Crippen molar-refractivity contribution in [1.82, 2.24) is 9.97 Å². The second-order valence-corrected chi connectivity index (χ2v) is 4.53. The predicted octanol–water partition coefficient (Wildman–Crippen LogP) is 2.50. The fourth-order valence-electron chi connectivity index (χ4n) is 2.02. The summed E-state index contributed by atoms with van der Waals surface area (Å²) in [6, 6.07) is 9.94. The van der Waals surface area contributed by atoms with Gasteiger partial charge in [-0.2, -0.15) is 0 Å². The minimum atomic E-state index is -0.285. The van der Waals surface area contributed by atoms with Gasteiger partial charge in [0, 0.05) is 17.9 Å². The molecule has 5 heteroatoms. The minimum Gasteiger partial charge on any atom is -0.366 e. The van der Waals surface area contributed by atoms with E-state index >= 15 is 0 Å². The summed E-state index contributed by atoms with van der Waals surface area (Å²) >= 11 is 0. The number of rotatable bonds is 5. The second kappa shape index (κ2) is 6.45. The molecule has 3 N–H and O–H groups in total. The van der Waals surface area contributed by atoms with Crippen LogP contribution in [0.15, 0.2) is 30.3 Å². The van der Waals surface area contributed by atoms with Crippen LogP contribution in [0, 0.1) is 13.8 Å². The van der Waals surface area contributed by atoms with E-state index in [-0.39, 0.29) is 6.10 Å². The first-order valence-electron chi connectivity index (χ1n) is 6.65. The van der Waals surface area contributed by atoms with Gasteiger partial charge in [0.2, 0.25) is 0 Å². The molecule has 2 rings (SSSR count). The summed E-state index contributed by atoms with van der Waals surface area (Å²) in [5.41, 5.74) is 5.48. The van der Waals surface area contributed by atoms with Crippen LogP contribution in [0.5, 0.6) is 0 Å². The number of benzene rings is 1. The van der Waals surface area contributed by atoms with E-state index in [2.05, 4.69) is 15.4 Å². The molecule has 5 nitrogen and oxygen atoms in total. The number of nitrogen functional groups attached to an aromatic ring is 1. The normalized spacial score (nSPS) is 12.2. The molecule has 0 aliphatic heterocycles. The molecule has 1 aromatic heterocycles. The zero-order valence-corrected chi connectivity index (χ0v) is 12.1. The fourth-order valence-corrected chi connectivity index (χ4v) is 2.02. The monoisotopic (exact) mass is 272 g/mol. The Kier molecular flexibility index (Phi) is 4.65. The Morgan fingerprint density at radius 3 is 2.50 bits per heavy atom. The summed E-state index contributed by atoms with van der Waals surface area (Å²) in [5, 5.41) is 0. The highest BCUT2D eigenvalue weighted by Gasteiger charge is 2.19. The summed E-state index contributed by atoms with van der Waals surface area (Å²) in [6.07, 6.45) is -0.285. The molecule has 20 heavy (non-hydrogen) atoms. The van der Waals surface area contributed by atoms with E-state index in [0.717, 1.165) is 16.8 Å². The summed E-state index contributed by atoms with van der Waals surface area (Å²) in [6.45, 7) is 6.42. The number of nitrogens with one attached hydrogen (secondary N) is 1. The Morgan fingerprint density at radius 1 is 1.20 bits per heavy atom. The molecule has 1 aromatic carbocycles. The quantitative estimate of drug-likeness (QED) is 0.646. The van der Waals surface area contributed by atoms with Crippen molar-refractivity contribution in [3.05, 3.63) is 53.0 Å². The smallest absolute Gasteiger partial charge is 0.164 e.